The third kappa shape index (κ3) is 10.2. The molecule has 0 aliphatic carbocycles. The van der Waals surface area contributed by atoms with Crippen molar-refractivity contribution in [2.45, 2.75) is 34.6 Å². The van der Waals surface area contributed by atoms with E-state index in [0.29, 0.717) is 5.69 Å². The van der Waals surface area contributed by atoms with Crippen molar-refractivity contribution in [2.75, 3.05) is 10.7 Å². The Labute approximate surface area is 182 Å². The Morgan fingerprint density at radius 2 is 1.27 bits per heavy atom. The van der Waals surface area contributed by atoms with E-state index in [1.54, 1.807) is 12.1 Å². The van der Waals surface area contributed by atoms with Gasteiger partial charge in [-0.3, -0.25) is 10.2 Å². The molecule has 2 rings (SSSR count). The molecule has 2 aromatic rings. The minimum absolute atomic E-state index is 0. The van der Waals surface area contributed by atoms with E-state index < -0.39 is 5.91 Å². The molecule has 0 unspecified atom stereocenters. The summed E-state index contributed by atoms with van der Waals surface area (Å²) < 4.78 is 0. The van der Waals surface area contributed by atoms with Crippen LogP contribution in [0.1, 0.15) is 34.6 Å². The number of hydrogen-bond donors (Lipinski definition) is 2. The molecule has 0 atom stereocenters. The molecule has 2 N–H and O–H groups in total. The number of amides is 1. The molecule has 0 fully saturated rings. The van der Waals surface area contributed by atoms with Gasteiger partial charge in [-0.1, -0.05) is 71.0 Å². The van der Waals surface area contributed by atoms with Gasteiger partial charge in [0.05, 0.1) is 5.69 Å². The van der Waals surface area contributed by atoms with Gasteiger partial charge in [-0.25, -0.2) is 0 Å². The second-order valence-corrected chi connectivity index (χ2v) is 4.34. The van der Waals surface area contributed by atoms with Crippen molar-refractivity contribution in [2.24, 2.45) is 5.10 Å². The van der Waals surface area contributed by atoms with E-state index in [4.69, 9.17) is 0 Å². The van der Waals surface area contributed by atoms with Gasteiger partial charge in [0, 0.05) is 38.4 Å². The van der Waals surface area contributed by atoms with Crippen LogP contribution in [0.3, 0.4) is 0 Å². The van der Waals surface area contributed by atoms with Crippen LogP contribution in [0.15, 0.2) is 65.8 Å². The smallest absolute Gasteiger partial charge is 0.274 e. The molecule has 0 spiro atoms. The van der Waals surface area contributed by atoms with Gasteiger partial charge < -0.3 is 10.7 Å². The first-order chi connectivity index (χ1) is 12.2. The standard InChI is InChI=1S/C16H15N4O.2C2H6.Y/c1-12(17)15(20-19-14-10-6-3-7-11-14)16(21)18-13-8-4-2-5-9-13;2*1-2;/h2-11,19H,1H3,(H,18,21);2*1-2H3;/q-1;;;/b20-15+;;;. The third-order valence-corrected chi connectivity index (χ3v) is 2.66. The predicted molar refractivity (Wildman–Crippen MR) is 109 cm³/mol. The summed E-state index contributed by atoms with van der Waals surface area (Å²) in [6.07, 6.45) is 0. The third-order valence-electron chi connectivity index (χ3n) is 2.66. The molecule has 0 aliphatic heterocycles. The molecule has 0 heterocycles. The monoisotopic (exact) mass is 428 g/mol. The Balaban J connectivity index is 0. The van der Waals surface area contributed by atoms with Crippen molar-refractivity contribution < 1.29 is 37.5 Å². The Morgan fingerprint density at radius 3 is 1.69 bits per heavy atom. The summed E-state index contributed by atoms with van der Waals surface area (Å²) in [7, 11) is 0. The Bertz CT molecular complexity index is 658. The van der Waals surface area contributed by atoms with Crippen LogP contribution in [0.25, 0.3) is 5.41 Å². The normalized spacial score (nSPS) is 9.19. The molecule has 0 bridgehead atoms. The fraction of sp³-hybridized carbons (Fsp3) is 0.250. The van der Waals surface area contributed by atoms with Crippen LogP contribution in [0, 0.1) is 0 Å². The average molecular weight is 428 g/mol. The average Bonchev–Trinajstić information content (AvgIpc) is 2.66. The molecular formula is C20H27N4OY-. The summed E-state index contributed by atoms with van der Waals surface area (Å²) in [5.74, 6) is -0.482. The van der Waals surface area contributed by atoms with Gasteiger partial charge in [0.25, 0.3) is 5.91 Å². The molecule has 26 heavy (non-hydrogen) atoms. The van der Waals surface area contributed by atoms with Crippen LogP contribution in [-0.4, -0.2) is 17.3 Å². The van der Waals surface area contributed by atoms with Gasteiger partial charge in [-0.05, 0) is 24.3 Å². The SMILES string of the molecule is CC.CC.CC(=[N-])/C(=N\Nc1ccccc1)C(=O)Nc1ccccc1.[Y]. The summed E-state index contributed by atoms with van der Waals surface area (Å²) in [5.41, 5.74) is 3.87. The van der Waals surface area contributed by atoms with Crippen LogP contribution in [0.5, 0.6) is 0 Å². The van der Waals surface area contributed by atoms with E-state index in [2.05, 4.69) is 15.8 Å². The number of benzene rings is 2. The molecule has 1 amide bonds. The first kappa shape index (κ1) is 26.4. The maximum Gasteiger partial charge on any atom is 0.274 e. The topological polar surface area (TPSA) is 75.8 Å². The number of para-hydroxylation sites is 2. The van der Waals surface area contributed by atoms with Crippen molar-refractivity contribution >= 4 is 28.7 Å². The van der Waals surface area contributed by atoms with Gasteiger partial charge in [0.1, 0.15) is 5.71 Å². The molecule has 0 saturated heterocycles. The fourth-order valence-corrected chi connectivity index (χ4v) is 1.64. The number of carbonyl (C=O) groups is 1. The van der Waals surface area contributed by atoms with Crippen LogP contribution >= 0.6 is 0 Å². The van der Waals surface area contributed by atoms with Crippen LogP contribution in [-0.2, 0) is 37.5 Å². The zero-order valence-electron chi connectivity index (χ0n) is 16.2. The maximum atomic E-state index is 12.1. The van der Waals surface area contributed by atoms with E-state index in [1.165, 1.54) is 6.92 Å². The minimum Gasteiger partial charge on any atom is -0.806 e. The van der Waals surface area contributed by atoms with Gasteiger partial charge in [0.2, 0.25) is 0 Å². The number of hydrogen-bond acceptors (Lipinski definition) is 3. The first-order valence-corrected chi connectivity index (χ1v) is 8.45. The Kier molecular flexibility index (Phi) is 16.9. The van der Waals surface area contributed by atoms with Crippen LogP contribution in [0.2, 0.25) is 0 Å². The Hall–Kier alpha value is -1.85. The summed E-state index contributed by atoms with van der Waals surface area (Å²) in [6, 6.07) is 18.2. The summed E-state index contributed by atoms with van der Waals surface area (Å²) in [6.45, 7) is 9.41. The molecule has 1 radical (unpaired) electrons. The number of hydrazone groups is 1. The maximum absolute atomic E-state index is 12.1. The zero-order valence-corrected chi connectivity index (χ0v) is 19.0. The predicted octanol–water partition coefficient (Wildman–Crippen LogP) is 5.17. The molecular weight excluding hydrogens is 401 g/mol. The number of nitrogens with zero attached hydrogens (tertiary/aromatic N) is 2. The molecule has 0 saturated carbocycles. The van der Waals surface area contributed by atoms with E-state index in [9.17, 15) is 10.2 Å². The van der Waals surface area contributed by atoms with Crippen molar-refractivity contribution in [3.8, 4) is 0 Å². The summed E-state index contributed by atoms with van der Waals surface area (Å²) in [4.78, 5) is 12.1. The number of rotatable bonds is 5. The van der Waals surface area contributed by atoms with E-state index in [-0.39, 0.29) is 44.1 Å². The van der Waals surface area contributed by atoms with Gasteiger partial charge in [0.15, 0.2) is 0 Å². The molecule has 6 heteroatoms. The van der Waals surface area contributed by atoms with Gasteiger partial charge in [-0.15, -0.1) is 0 Å². The van der Waals surface area contributed by atoms with Crippen molar-refractivity contribution in [3.63, 3.8) is 0 Å². The largest absolute Gasteiger partial charge is 0.806 e. The van der Waals surface area contributed by atoms with E-state index in [0.717, 1.165) is 5.69 Å². The van der Waals surface area contributed by atoms with Crippen molar-refractivity contribution in [1.82, 2.24) is 0 Å². The number of nitrogens with one attached hydrogen (secondary N) is 2. The Morgan fingerprint density at radius 1 is 0.846 bits per heavy atom. The number of anilines is 2. The second kappa shape index (κ2) is 16.6. The second-order valence-electron chi connectivity index (χ2n) is 4.34. The molecule has 5 nitrogen and oxygen atoms in total. The molecule has 0 aromatic heterocycles. The van der Waals surface area contributed by atoms with Crippen LogP contribution in [0.4, 0.5) is 11.4 Å². The van der Waals surface area contributed by atoms with Crippen molar-refractivity contribution in [3.05, 3.63) is 66.1 Å². The quantitative estimate of drug-likeness (QED) is 0.509. The van der Waals surface area contributed by atoms with E-state index >= 15 is 0 Å². The van der Waals surface area contributed by atoms with E-state index in [1.807, 2.05) is 76.2 Å². The first-order valence-electron chi connectivity index (χ1n) is 8.45. The summed E-state index contributed by atoms with van der Waals surface area (Å²) in [5, 5.41) is 16.2. The summed E-state index contributed by atoms with van der Waals surface area (Å²) >= 11 is 0. The number of carbonyl (C=O) groups excluding carboxylic acids is 1. The molecule has 0 aliphatic rings. The van der Waals surface area contributed by atoms with Gasteiger partial charge in [-0.2, -0.15) is 10.8 Å². The molecule has 137 valence electrons. The zero-order chi connectivity index (χ0) is 19.1. The van der Waals surface area contributed by atoms with Crippen molar-refractivity contribution in [1.29, 1.82) is 0 Å². The molecule has 2 aromatic carbocycles. The minimum atomic E-state index is -0.482. The fourth-order valence-electron chi connectivity index (χ4n) is 1.64. The van der Waals surface area contributed by atoms with Crippen LogP contribution < -0.4 is 10.7 Å². The van der Waals surface area contributed by atoms with Gasteiger partial charge >= 0.3 is 0 Å².